The second kappa shape index (κ2) is 11.3. The maximum Gasteiger partial charge on any atom is 0.242 e. The summed E-state index contributed by atoms with van der Waals surface area (Å²) in [5, 5.41) is 0.513. The van der Waals surface area contributed by atoms with Gasteiger partial charge < -0.3 is 14.2 Å². The van der Waals surface area contributed by atoms with Gasteiger partial charge in [-0.25, -0.2) is 0 Å². The van der Waals surface area contributed by atoms with Crippen LogP contribution in [0.3, 0.4) is 0 Å². The second-order valence-electron chi connectivity index (χ2n) is 9.57. The van der Waals surface area contributed by atoms with Crippen LogP contribution in [0.5, 0.6) is 0 Å². The van der Waals surface area contributed by atoms with E-state index in [9.17, 15) is 14.4 Å². The molecule has 0 bridgehead atoms. The Morgan fingerprint density at radius 2 is 1.80 bits per heavy atom. The van der Waals surface area contributed by atoms with Crippen LogP contribution in [0.15, 0.2) is 64.0 Å². The van der Waals surface area contributed by atoms with Gasteiger partial charge in [0.15, 0.2) is 5.43 Å². The number of benzene rings is 2. The van der Waals surface area contributed by atoms with Gasteiger partial charge in [0.1, 0.15) is 5.58 Å². The summed E-state index contributed by atoms with van der Waals surface area (Å²) in [6.07, 6.45) is 6.15. The van der Waals surface area contributed by atoms with Gasteiger partial charge in [-0.3, -0.25) is 14.4 Å². The van der Waals surface area contributed by atoms with Gasteiger partial charge in [-0.15, -0.1) is 0 Å². The number of rotatable bonds is 10. The van der Waals surface area contributed by atoms with Crippen LogP contribution >= 0.6 is 0 Å². The van der Waals surface area contributed by atoms with E-state index < -0.39 is 0 Å². The van der Waals surface area contributed by atoms with E-state index in [1.165, 1.54) is 6.26 Å². The average Bonchev–Trinajstić information content (AvgIpc) is 2.82. The topological polar surface area (TPSA) is 70.8 Å². The Balaban J connectivity index is 1.60. The number of amides is 2. The number of nitrogens with zero attached hydrogens (tertiary/aromatic N) is 2. The summed E-state index contributed by atoms with van der Waals surface area (Å²) in [4.78, 5) is 43.2. The Labute approximate surface area is 206 Å². The molecule has 0 N–H and O–H groups in total. The van der Waals surface area contributed by atoms with Crippen molar-refractivity contribution in [2.24, 2.45) is 5.92 Å². The van der Waals surface area contributed by atoms with Crippen molar-refractivity contribution in [3.8, 4) is 0 Å². The number of fused-ring (bicyclic) bond motifs is 1. The van der Waals surface area contributed by atoms with E-state index in [0.717, 1.165) is 43.2 Å². The van der Waals surface area contributed by atoms with Gasteiger partial charge >= 0.3 is 0 Å². The SMILES string of the molecule is CCCCN(CC(=O)N(Cc1ccccc1)Cc1coc2ccc(C)cc2c1=O)C(=O)C1CCC1. The zero-order valence-electron chi connectivity index (χ0n) is 20.7. The molecule has 0 radical (unpaired) electrons. The third-order valence-corrected chi connectivity index (χ3v) is 6.80. The summed E-state index contributed by atoms with van der Waals surface area (Å²) in [7, 11) is 0. The van der Waals surface area contributed by atoms with Crippen molar-refractivity contribution in [1.29, 1.82) is 0 Å². The van der Waals surface area contributed by atoms with E-state index >= 15 is 0 Å². The first kappa shape index (κ1) is 24.7. The van der Waals surface area contributed by atoms with E-state index in [0.29, 0.717) is 29.6 Å². The molecule has 0 saturated heterocycles. The van der Waals surface area contributed by atoms with Crippen molar-refractivity contribution in [3.05, 3.63) is 81.7 Å². The highest BCUT2D eigenvalue weighted by atomic mass is 16.3. The van der Waals surface area contributed by atoms with E-state index in [1.807, 2.05) is 49.4 Å². The van der Waals surface area contributed by atoms with Gasteiger partial charge in [0.05, 0.1) is 30.3 Å². The van der Waals surface area contributed by atoms with Crippen molar-refractivity contribution in [1.82, 2.24) is 9.80 Å². The number of carbonyl (C=O) groups excluding carboxylic acids is 2. The smallest absolute Gasteiger partial charge is 0.242 e. The lowest BCUT2D eigenvalue weighted by Gasteiger charge is -2.33. The third kappa shape index (κ3) is 5.99. The molecule has 1 heterocycles. The standard InChI is InChI=1S/C29H34N2O4/c1-3-4-15-30(29(34)23-11-8-12-23)19-27(32)31(17-22-9-6-5-7-10-22)18-24-20-35-26-14-13-21(2)16-25(26)28(24)33/h5-7,9-10,13-14,16,20,23H,3-4,8,11-12,15,17-19H2,1-2H3. The van der Waals surface area contributed by atoms with E-state index in [2.05, 4.69) is 6.92 Å². The highest BCUT2D eigenvalue weighted by Gasteiger charge is 2.31. The molecule has 0 spiro atoms. The Bertz CT molecular complexity index is 1230. The summed E-state index contributed by atoms with van der Waals surface area (Å²) >= 11 is 0. The van der Waals surface area contributed by atoms with E-state index in [1.54, 1.807) is 15.9 Å². The molecule has 0 atom stereocenters. The molecule has 1 aliphatic carbocycles. The molecule has 35 heavy (non-hydrogen) atoms. The minimum atomic E-state index is -0.165. The predicted molar refractivity (Wildman–Crippen MR) is 137 cm³/mol. The molecule has 1 aromatic heterocycles. The van der Waals surface area contributed by atoms with Crippen LogP contribution < -0.4 is 5.43 Å². The number of unbranched alkanes of at least 4 members (excludes halogenated alkanes) is 1. The quantitative estimate of drug-likeness (QED) is 0.412. The van der Waals surface area contributed by atoms with Crippen molar-refractivity contribution >= 4 is 22.8 Å². The molecule has 0 unspecified atom stereocenters. The largest absolute Gasteiger partial charge is 0.464 e. The molecule has 1 aliphatic rings. The lowest BCUT2D eigenvalue weighted by molar-refractivity contribution is -0.145. The molecule has 3 aromatic rings. The lowest BCUT2D eigenvalue weighted by Crippen LogP contribution is -2.46. The maximum atomic E-state index is 13.6. The highest BCUT2D eigenvalue weighted by Crippen LogP contribution is 2.28. The van der Waals surface area contributed by atoms with Gasteiger partial charge in [0, 0.05) is 19.0 Å². The number of hydrogen-bond donors (Lipinski definition) is 0. The summed E-state index contributed by atoms with van der Waals surface area (Å²) in [5.41, 5.74) is 2.77. The molecular formula is C29H34N2O4. The zero-order chi connectivity index (χ0) is 24.8. The van der Waals surface area contributed by atoms with Gasteiger partial charge in [-0.05, 0) is 43.9 Å². The fraction of sp³-hybridized carbons (Fsp3) is 0.414. The van der Waals surface area contributed by atoms with Gasteiger partial charge in [0.2, 0.25) is 11.8 Å². The van der Waals surface area contributed by atoms with Crippen LogP contribution in [0.4, 0.5) is 0 Å². The fourth-order valence-corrected chi connectivity index (χ4v) is 4.43. The molecule has 1 fully saturated rings. The van der Waals surface area contributed by atoms with Gasteiger partial charge in [-0.1, -0.05) is 61.7 Å². The molecule has 2 aromatic carbocycles. The summed E-state index contributed by atoms with van der Waals surface area (Å²) in [6, 6.07) is 15.2. The van der Waals surface area contributed by atoms with Gasteiger partial charge in [0.25, 0.3) is 0 Å². The van der Waals surface area contributed by atoms with Crippen LogP contribution in [-0.2, 0) is 22.7 Å². The van der Waals surface area contributed by atoms with Crippen LogP contribution in [0.25, 0.3) is 11.0 Å². The fourth-order valence-electron chi connectivity index (χ4n) is 4.43. The molecule has 6 nitrogen and oxygen atoms in total. The molecule has 1 saturated carbocycles. The molecule has 2 amide bonds. The van der Waals surface area contributed by atoms with Gasteiger partial charge in [-0.2, -0.15) is 0 Å². The monoisotopic (exact) mass is 474 g/mol. The molecule has 6 heteroatoms. The molecule has 184 valence electrons. The third-order valence-electron chi connectivity index (χ3n) is 6.80. The Morgan fingerprint density at radius 1 is 1.03 bits per heavy atom. The van der Waals surface area contributed by atoms with E-state index in [-0.39, 0.29) is 36.3 Å². The molecular weight excluding hydrogens is 440 g/mol. The number of carbonyl (C=O) groups is 2. The maximum absolute atomic E-state index is 13.6. The summed E-state index contributed by atoms with van der Waals surface area (Å²) in [5.74, 6) is -0.0437. The first-order chi connectivity index (χ1) is 17.0. The van der Waals surface area contributed by atoms with Crippen molar-refractivity contribution in [3.63, 3.8) is 0 Å². The Morgan fingerprint density at radius 3 is 2.49 bits per heavy atom. The predicted octanol–water partition coefficient (Wildman–Crippen LogP) is 5.06. The minimum absolute atomic E-state index is 0.0280. The normalized spacial score (nSPS) is 13.4. The number of aryl methyl sites for hydroxylation is 1. The highest BCUT2D eigenvalue weighted by molar-refractivity contribution is 5.86. The van der Waals surface area contributed by atoms with Crippen molar-refractivity contribution in [2.75, 3.05) is 13.1 Å². The van der Waals surface area contributed by atoms with Crippen molar-refractivity contribution < 1.29 is 14.0 Å². The van der Waals surface area contributed by atoms with E-state index in [4.69, 9.17) is 4.42 Å². The zero-order valence-corrected chi connectivity index (χ0v) is 20.7. The number of hydrogen-bond acceptors (Lipinski definition) is 4. The Kier molecular flexibility index (Phi) is 8.01. The molecule has 4 rings (SSSR count). The van der Waals surface area contributed by atoms with Crippen LogP contribution in [0.2, 0.25) is 0 Å². The first-order valence-electron chi connectivity index (χ1n) is 12.6. The van der Waals surface area contributed by atoms with Crippen molar-refractivity contribution in [2.45, 2.75) is 59.0 Å². The Hall–Kier alpha value is -3.41. The second-order valence-corrected chi connectivity index (χ2v) is 9.57. The summed E-state index contributed by atoms with van der Waals surface area (Å²) in [6.45, 7) is 5.09. The average molecular weight is 475 g/mol. The summed E-state index contributed by atoms with van der Waals surface area (Å²) < 4.78 is 5.73. The first-order valence-corrected chi connectivity index (χ1v) is 12.6. The van der Waals surface area contributed by atoms with Crippen LogP contribution in [0.1, 0.15) is 55.7 Å². The minimum Gasteiger partial charge on any atom is -0.464 e. The van der Waals surface area contributed by atoms with Crippen LogP contribution in [0, 0.1) is 12.8 Å². The molecule has 0 aliphatic heterocycles. The lowest BCUT2D eigenvalue weighted by atomic mass is 9.84. The van der Waals surface area contributed by atoms with Crippen LogP contribution in [-0.4, -0.2) is 34.7 Å².